The average Bonchev–Trinajstić information content (AvgIpc) is 2.64. The molecule has 0 N–H and O–H groups in total. The van der Waals surface area contributed by atoms with E-state index in [1.54, 1.807) is 0 Å². The summed E-state index contributed by atoms with van der Waals surface area (Å²) in [6, 6.07) is 10.2. The van der Waals surface area contributed by atoms with Crippen molar-refractivity contribution < 1.29 is 4.52 Å². The fourth-order valence-electron chi connectivity index (χ4n) is 1.67. The Morgan fingerprint density at radius 3 is 2.47 bits per heavy atom. The van der Waals surface area contributed by atoms with Gasteiger partial charge in [0.15, 0.2) is 5.82 Å². The Morgan fingerprint density at radius 1 is 1.12 bits per heavy atom. The second-order valence-corrected chi connectivity index (χ2v) is 5.50. The summed E-state index contributed by atoms with van der Waals surface area (Å²) in [5.74, 6) is 1.49. The Hall–Kier alpha value is -1.64. The molecule has 0 aliphatic heterocycles. The van der Waals surface area contributed by atoms with Gasteiger partial charge in [0.05, 0.1) is 0 Å². The molecule has 2 aromatic rings. The highest BCUT2D eigenvalue weighted by atomic mass is 16.5. The van der Waals surface area contributed by atoms with Crippen molar-refractivity contribution in [1.29, 1.82) is 0 Å². The van der Waals surface area contributed by atoms with Crippen LogP contribution < -0.4 is 0 Å². The van der Waals surface area contributed by atoms with Gasteiger partial charge < -0.3 is 4.52 Å². The summed E-state index contributed by atoms with van der Waals surface area (Å²) >= 11 is 0. The Kier molecular flexibility index (Phi) is 3.27. The fourth-order valence-corrected chi connectivity index (χ4v) is 1.67. The zero-order valence-electron chi connectivity index (χ0n) is 10.6. The molecule has 0 saturated heterocycles. The van der Waals surface area contributed by atoms with Crippen molar-refractivity contribution in [1.82, 2.24) is 10.1 Å². The van der Waals surface area contributed by atoms with Gasteiger partial charge in [-0.25, -0.2) is 0 Å². The zero-order chi connectivity index (χ0) is 12.3. The smallest absolute Gasteiger partial charge is 0.227 e. The van der Waals surface area contributed by atoms with Gasteiger partial charge in [-0.05, 0) is 11.0 Å². The van der Waals surface area contributed by atoms with Gasteiger partial charge in [-0.2, -0.15) is 4.98 Å². The second-order valence-electron chi connectivity index (χ2n) is 5.50. The topological polar surface area (TPSA) is 38.9 Å². The average molecular weight is 230 g/mol. The molecule has 90 valence electrons. The van der Waals surface area contributed by atoms with E-state index >= 15 is 0 Å². The predicted molar refractivity (Wildman–Crippen MR) is 66.7 cm³/mol. The van der Waals surface area contributed by atoms with Crippen LogP contribution >= 0.6 is 0 Å². The molecule has 3 nitrogen and oxygen atoms in total. The minimum absolute atomic E-state index is 0.177. The molecule has 0 saturated carbocycles. The molecular weight excluding hydrogens is 212 g/mol. The molecule has 0 fully saturated rings. The molecular formula is C14H18N2O. The first-order valence-corrected chi connectivity index (χ1v) is 5.88. The van der Waals surface area contributed by atoms with E-state index in [0.717, 1.165) is 24.6 Å². The number of rotatable bonds is 3. The van der Waals surface area contributed by atoms with E-state index in [2.05, 4.69) is 43.0 Å². The van der Waals surface area contributed by atoms with Crippen molar-refractivity contribution in [2.24, 2.45) is 5.41 Å². The van der Waals surface area contributed by atoms with Crippen LogP contribution in [0.1, 0.15) is 38.0 Å². The third-order valence-corrected chi connectivity index (χ3v) is 2.40. The van der Waals surface area contributed by atoms with Crippen molar-refractivity contribution in [3.05, 3.63) is 47.6 Å². The summed E-state index contributed by atoms with van der Waals surface area (Å²) in [5, 5.41) is 4.01. The second kappa shape index (κ2) is 4.70. The van der Waals surface area contributed by atoms with Gasteiger partial charge in [-0.15, -0.1) is 0 Å². The Bertz CT molecular complexity index is 468. The third kappa shape index (κ3) is 3.70. The normalized spacial score (nSPS) is 11.7. The van der Waals surface area contributed by atoms with Crippen LogP contribution in [0.2, 0.25) is 0 Å². The summed E-state index contributed by atoms with van der Waals surface area (Å²) < 4.78 is 5.25. The monoisotopic (exact) mass is 230 g/mol. The highest BCUT2D eigenvalue weighted by molar-refractivity contribution is 5.18. The molecule has 0 unspecified atom stereocenters. The quantitative estimate of drug-likeness (QED) is 0.812. The van der Waals surface area contributed by atoms with Gasteiger partial charge in [0.2, 0.25) is 5.89 Å². The molecule has 3 heteroatoms. The molecule has 1 heterocycles. The first-order valence-electron chi connectivity index (χ1n) is 5.88. The van der Waals surface area contributed by atoms with Crippen LogP contribution in [0, 0.1) is 5.41 Å². The van der Waals surface area contributed by atoms with Crippen molar-refractivity contribution in [2.75, 3.05) is 0 Å². The molecule has 1 aromatic carbocycles. The molecule has 0 atom stereocenters. The lowest BCUT2D eigenvalue weighted by Gasteiger charge is -2.13. The lowest BCUT2D eigenvalue weighted by molar-refractivity contribution is 0.312. The number of nitrogens with zero attached hydrogens (tertiary/aromatic N) is 2. The van der Waals surface area contributed by atoms with Crippen LogP contribution in [0.3, 0.4) is 0 Å². The molecule has 2 rings (SSSR count). The van der Waals surface area contributed by atoms with E-state index in [4.69, 9.17) is 4.52 Å². The summed E-state index contributed by atoms with van der Waals surface area (Å²) in [6.45, 7) is 6.48. The molecule has 0 amide bonds. The van der Waals surface area contributed by atoms with Crippen LogP contribution in [0.4, 0.5) is 0 Å². The maximum Gasteiger partial charge on any atom is 0.227 e. The third-order valence-electron chi connectivity index (χ3n) is 2.40. The fraction of sp³-hybridized carbons (Fsp3) is 0.429. The molecule has 0 spiro atoms. The van der Waals surface area contributed by atoms with E-state index in [-0.39, 0.29) is 5.41 Å². The number of hydrogen-bond donors (Lipinski definition) is 0. The molecule has 0 aliphatic carbocycles. The van der Waals surface area contributed by atoms with Crippen LogP contribution in [0.5, 0.6) is 0 Å². The first kappa shape index (κ1) is 11.8. The number of benzene rings is 1. The summed E-state index contributed by atoms with van der Waals surface area (Å²) in [5.41, 5.74) is 1.38. The van der Waals surface area contributed by atoms with Crippen LogP contribution in [0.25, 0.3) is 0 Å². The van der Waals surface area contributed by atoms with Gasteiger partial charge in [0, 0.05) is 12.8 Å². The molecule has 0 bridgehead atoms. The minimum Gasteiger partial charge on any atom is -0.339 e. The summed E-state index contributed by atoms with van der Waals surface area (Å²) in [6.07, 6.45) is 1.54. The maximum atomic E-state index is 5.25. The van der Waals surface area contributed by atoms with E-state index in [0.29, 0.717) is 0 Å². The highest BCUT2D eigenvalue weighted by Gasteiger charge is 2.16. The predicted octanol–water partition coefficient (Wildman–Crippen LogP) is 3.25. The maximum absolute atomic E-state index is 5.25. The van der Waals surface area contributed by atoms with Crippen molar-refractivity contribution in [3.63, 3.8) is 0 Å². The van der Waals surface area contributed by atoms with E-state index < -0.39 is 0 Å². The van der Waals surface area contributed by atoms with Gasteiger partial charge in [0.1, 0.15) is 0 Å². The van der Waals surface area contributed by atoms with Gasteiger partial charge >= 0.3 is 0 Å². The van der Waals surface area contributed by atoms with Gasteiger partial charge in [0.25, 0.3) is 0 Å². The summed E-state index contributed by atoms with van der Waals surface area (Å²) in [7, 11) is 0. The zero-order valence-corrected chi connectivity index (χ0v) is 10.6. The lowest BCUT2D eigenvalue weighted by atomic mass is 9.92. The van der Waals surface area contributed by atoms with E-state index in [1.807, 2.05) is 18.2 Å². The van der Waals surface area contributed by atoms with Crippen molar-refractivity contribution in [3.8, 4) is 0 Å². The number of hydrogen-bond acceptors (Lipinski definition) is 3. The lowest BCUT2D eigenvalue weighted by Crippen LogP contribution is -2.09. The first-order chi connectivity index (χ1) is 8.03. The van der Waals surface area contributed by atoms with E-state index in [9.17, 15) is 0 Å². The Balaban J connectivity index is 2.04. The van der Waals surface area contributed by atoms with Gasteiger partial charge in [-0.3, -0.25) is 0 Å². The minimum atomic E-state index is 0.177. The Morgan fingerprint density at radius 2 is 1.82 bits per heavy atom. The molecule has 1 aromatic heterocycles. The molecule has 17 heavy (non-hydrogen) atoms. The van der Waals surface area contributed by atoms with Crippen molar-refractivity contribution >= 4 is 0 Å². The highest BCUT2D eigenvalue weighted by Crippen LogP contribution is 2.19. The van der Waals surface area contributed by atoms with E-state index in [1.165, 1.54) is 5.56 Å². The summed E-state index contributed by atoms with van der Waals surface area (Å²) in [4.78, 5) is 4.41. The van der Waals surface area contributed by atoms with Crippen molar-refractivity contribution in [2.45, 2.75) is 33.6 Å². The number of aromatic nitrogens is 2. The molecule has 0 aliphatic rings. The van der Waals surface area contributed by atoms with Crippen LogP contribution in [-0.2, 0) is 12.8 Å². The van der Waals surface area contributed by atoms with Crippen LogP contribution in [-0.4, -0.2) is 10.1 Å². The molecule has 0 radical (unpaired) electrons. The largest absolute Gasteiger partial charge is 0.339 e. The SMILES string of the molecule is CC(C)(C)Cc1nc(Cc2ccccc2)no1. The van der Waals surface area contributed by atoms with Gasteiger partial charge in [-0.1, -0.05) is 56.3 Å². The van der Waals surface area contributed by atoms with Crippen LogP contribution in [0.15, 0.2) is 34.9 Å². The standard InChI is InChI=1S/C14H18N2O/c1-14(2,3)10-13-15-12(16-17-13)9-11-7-5-4-6-8-11/h4-8H,9-10H2,1-3H3. The Labute approximate surface area is 102 Å².